The number of amides is 1. The summed E-state index contributed by atoms with van der Waals surface area (Å²) in [5, 5.41) is 11.2. The topological polar surface area (TPSA) is 63.1 Å². The summed E-state index contributed by atoms with van der Waals surface area (Å²) in [5.41, 5.74) is 0.886. The largest absolute Gasteiger partial charge is 0.493 e. The summed E-state index contributed by atoms with van der Waals surface area (Å²) < 4.78 is 5.81. The Morgan fingerprint density at radius 3 is 2.95 bits per heavy atom. The Morgan fingerprint density at radius 1 is 1.32 bits per heavy atom. The van der Waals surface area contributed by atoms with E-state index < -0.39 is 0 Å². The lowest BCUT2D eigenvalue weighted by molar-refractivity contribution is -0.116. The van der Waals surface area contributed by atoms with Gasteiger partial charge in [-0.3, -0.25) is 4.79 Å². The molecule has 5 nitrogen and oxygen atoms in total. The normalized spacial score (nSPS) is 16.4. The molecule has 0 atom stereocenters. The van der Waals surface area contributed by atoms with E-state index in [1.54, 1.807) is 6.21 Å². The Kier molecular flexibility index (Phi) is 6.96. The minimum Gasteiger partial charge on any atom is -0.493 e. The van der Waals surface area contributed by atoms with Gasteiger partial charge in [0.15, 0.2) is 5.17 Å². The van der Waals surface area contributed by atoms with E-state index in [0.717, 1.165) is 17.7 Å². The molecular formula is C16H21N3O2S. The zero-order valence-electron chi connectivity index (χ0n) is 12.7. The summed E-state index contributed by atoms with van der Waals surface area (Å²) in [6.45, 7) is 2.91. The Morgan fingerprint density at radius 2 is 2.18 bits per heavy atom. The number of hydrogen-bond donors (Lipinski definition) is 1. The molecule has 1 heterocycles. The summed E-state index contributed by atoms with van der Waals surface area (Å²) in [7, 11) is 0. The van der Waals surface area contributed by atoms with Crippen molar-refractivity contribution in [2.45, 2.75) is 32.6 Å². The minimum atomic E-state index is -0.0326. The lowest BCUT2D eigenvalue weighted by atomic mass is 10.2. The van der Waals surface area contributed by atoms with Crippen LogP contribution in [0.1, 0.15) is 38.2 Å². The van der Waals surface area contributed by atoms with Crippen LogP contribution >= 0.6 is 11.8 Å². The van der Waals surface area contributed by atoms with Gasteiger partial charge in [-0.25, -0.2) is 0 Å². The maximum Gasteiger partial charge on any atom is 0.236 e. The summed E-state index contributed by atoms with van der Waals surface area (Å²) in [4.78, 5) is 11.0. The minimum absolute atomic E-state index is 0.0326. The fourth-order valence-electron chi connectivity index (χ4n) is 1.95. The number of nitrogens with one attached hydrogen (secondary N) is 1. The van der Waals surface area contributed by atoms with Crippen molar-refractivity contribution >= 4 is 29.1 Å². The summed E-state index contributed by atoms with van der Waals surface area (Å²) in [6.07, 6.45) is 6.37. The van der Waals surface area contributed by atoms with Crippen LogP contribution < -0.4 is 10.1 Å². The molecule has 0 radical (unpaired) electrons. The molecular weight excluding hydrogens is 298 g/mol. The number of nitrogens with zero attached hydrogens (tertiary/aromatic N) is 2. The number of carbonyl (C=O) groups excluding carboxylic acids is 1. The van der Waals surface area contributed by atoms with Crippen molar-refractivity contribution < 1.29 is 9.53 Å². The number of unbranched alkanes of at least 4 members (excludes halogenated alkanes) is 3. The number of thioether (sulfide) groups is 1. The van der Waals surface area contributed by atoms with Gasteiger partial charge in [0, 0.05) is 5.56 Å². The first-order chi connectivity index (χ1) is 10.8. The molecule has 1 N–H and O–H groups in total. The van der Waals surface area contributed by atoms with Crippen LogP contribution in [-0.4, -0.2) is 29.6 Å². The van der Waals surface area contributed by atoms with Crippen LogP contribution in [0.15, 0.2) is 34.5 Å². The van der Waals surface area contributed by atoms with Crippen LogP contribution in [0, 0.1) is 0 Å². The molecule has 2 rings (SSSR count). The Bertz CT molecular complexity index is 558. The number of rotatable bonds is 8. The highest BCUT2D eigenvalue weighted by Gasteiger charge is 2.15. The molecule has 0 saturated carbocycles. The third-order valence-corrected chi connectivity index (χ3v) is 3.97. The van der Waals surface area contributed by atoms with E-state index >= 15 is 0 Å². The molecule has 1 amide bonds. The highest BCUT2D eigenvalue weighted by atomic mass is 32.2. The Labute approximate surface area is 135 Å². The molecule has 1 aliphatic heterocycles. The van der Waals surface area contributed by atoms with E-state index in [4.69, 9.17) is 4.74 Å². The van der Waals surface area contributed by atoms with Crippen LogP contribution in [0.5, 0.6) is 5.75 Å². The predicted octanol–water partition coefficient (Wildman–Crippen LogP) is 3.20. The number of amidine groups is 1. The van der Waals surface area contributed by atoms with Gasteiger partial charge in [-0.2, -0.15) is 5.10 Å². The molecule has 6 heteroatoms. The predicted molar refractivity (Wildman–Crippen MR) is 91.7 cm³/mol. The van der Waals surface area contributed by atoms with Crippen molar-refractivity contribution in [3.05, 3.63) is 29.8 Å². The molecule has 0 spiro atoms. The molecule has 1 saturated heterocycles. The molecule has 1 fully saturated rings. The molecule has 1 aliphatic rings. The molecule has 0 aromatic heterocycles. The van der Waals surface area contributed by atoms with Crippen molar-refractivity contribution in [2.75, 3.05) is 12.4 Å². The van der Waals surface area contributed by atoms with Gasteiger partial charge in [0.1, 0.15) is 5.75 Å². The van der Waals surface area contributed by atoms with Crippen LogP contribution in [0.2, 0.25) is 0 Å². The zero-order chi connectivity index (χ0) is 15.6. The van der Waals surface area contributed by atoms with E-state index in [1.807, 2.05) is 24.3 Å². The first-order valence-electron chi connectivity index (χ1n) is 7.55. The van der Waals surface area contributed by atoms with Gasteiger partial charge in [0.05, 0.1) is 18.6 Å². The Balaban J connectivity index is 1.89. The average molecular weight is 319 g/mol. The number of benzene rings is 1. The van der Waals surface area contributed by atoms with Crippen LogP contribution in [0.4, 0.5) is 0 Å². The fraction of sp³-hybridized carbons (Fsp3) is 0.438. The summed E-state index contributed by atoms with van der Waals surface area (Å²) in [6, 6.07) is 7.74. The molecule has 0 bridgehead atoms. The third-order valence-electron chi connectivity index (χ3n) is 3.11. The van der Waals surface area contributed by atoms with E-state index in [1.165, 1.54) is 31.0 Å². The second-order valence-electron chi connectivity index (χ2n) is 4.93. The monoisotopic (exact) mass is 319 g/mol. The molecule has 1 aromatic rings. The lowest BCUT2D eigenvalue weighted by Crippen LogP contribution is -2.19. The van der Waals surface area contributed by atoms with Gasteiger partial charge in [-0.05, 0) is 18.6 Å². The molecule has 118 valence electrons. The van der Waals surface area contributed by atoms with Crippen LogP contribution in [0.25, 0.3) is 0 Å². The molecule has 0 aliphatic carbocycles. The molecule has 22 heavy (non-hydrogen) atoms. The van der Waals surface area contributed by atoms with Gasteiger partial charge in [0.25, 0.3) is 0 Å². The van der Waals surface area contributed by atoms with E-state index in [9.17, 15) is 4.79 Å². The van der Waals surface area contributed by atoms with Gasteiger partial charge in [-0.15, -0.1) is 5.10 Å². The Hall–Kier alpha value is -1.82. The van der Waals surface area contributed by atoms with Gasteiger partial charge in [-0.1, -0.05) is 50.1 Å². The average Bonchev–Trinajstić information content (AvgIpc) is 2.94. The van der Waals surface area contributed by atoms with E-state index in [2.05, 4.69) is 22.4 Å². The maximum atomic E-state index is 11.0. The number of para-hydroxylation sites is 1. The van der Waals surface area contributed by atoms with Gasteiger partial charge in [0.2, 0.25) is 5.91 Å². The van der Waals surface area contributed by atoms with Gasteiger partial charge < -0.3 is 10.1 Å². The first kappa shape index (κ1) is 16.5. The third kappa shape index (κ3) is 5.52. The zero-order valence-corrected chi connectivity index (χ0v) is 13.6. The van der Waals surface area contributed by atoms with Crippen LogP contribution in [-0.2, 0) is 4.79 Å². The number of ether oxygens (including phenoxy) is 1. The van der Waals surface area contributed by atoms with Crippen molar-refractivity contribution in [1.29, 1.82) is 0 Å². The van der Waals surface area contributed by atoms with Crippen molar-refractivity contribution in [3.63, 3.8) is 0 Å². The maximum absolute atomic E-state index is 11.0. The van der Waals surface area contributed by atoms with E-state index in [-0.39, 0.29) is 5.91 Å². The molecule has 0 unspecified atom stereocenters. The van der Waals surface area contributed by atoms with E-state index in [0.29, 0.717) is 17.5 Å². The quantitative estimate of drug-likeness (QED) is 0.455. The fourth-order valence-corrected chi connectivity index (χ4v) is 2.58. The SMILES string of the molecule is CCCCCCOc1ccccc1C=NN=C1NC(=O)CS1. The van der Waals surface area contributed by atoms with Crippen molar-refractivity contribution in [1.82, 2.24) is 5.32 Å². The standard InChI is InChI=1S/C16H21N3O2S/c1-2-3-4-7-10-21-14-9-6-5-8-13(14)11-17-19-16-18-15(20)12-22-16/h5-6,8-9,11H,2-4,7,10,12H2,1H3,(H,18,19,20). The number of hydrogen-bond acceptors (Lipinski definition) is 5. The lowest BCUT2D eigenvalue weighted by Gasteiger charge is -2.08. The van der Waals surface area contributed by atoms with Crippen molar-refractivity contribution in [3.8, 4) is 5.75 Å². The van der Waals surface area contributed by atoms with Crippen molar-refractivity contribution in [2.24, 2.45) is 10.2 Å². The summed E-state index contributed by atoms with van der Waals surface area (Å²) >= 11 is 1.36. The highest BCUT2D eigenvalue weighted by Crippen LogP contribution is 2.17. The molecule has 1 aromatic carbocycles. The second-order valence-corrected chi connectivity index (χ2v) is 5.90. The second kappa shape index (κ2) is 9.25. The highest BCUT2D eigenvalue weighted by molar-refractivity contribution is 8.15. The first-order valence-corrected chi connectivity index (χ1v) is 8.53. The number of carbonyl (C=O) groups is 1. The van der Waals surface area contributed by atoms with Crippen LogP contribution in [0.3, 0.4) is 0 Å². The smallest absolute Gasteiger partial charge is 0.236 e. The van der Waals surface area contributed by atoms with Gasteiger partial charge >= 0.3 is 0 Å². The summed E-state index contributed by atoms with van der Waals surface area (Å²) in [5.74, 6) is 1.19.